The normalized spacial score (nSPS) is 14.8. The number of nitrogens with one attached hydrogen (secondary N) is 1. The van der Waals surface area contributed by atoms with Crippen LogP contribution < -0.4 is 5.32 Å². The van der Waals surface area contributed by atoms with E-state index in [0.29, 0.717) is 11.7 Å². The molecule has 1 N–H and O–H groups in total. The van der Waals surface area contributed by atoms with E-state index in [1.807, 2.05) is 0 Å². The minimum Gasteiger partial charge on any atom is -0.325 e. The predicted molar refractivity (Wildman–Crippen MR) is 115 cm³/mol. The Balaban J connectivity index is 1.46. The molecule has 1 saturated carbocycles. The number of hydrogen-bond acceptors (Lipinski definition) is 5. The topological polar surface area (TPSA) is 59.8 Å². The molecule has 0 radical (unpaired) electrons. The third-order valence-electron chi connectivity index (χ3n) is 5.05. The number of hydrogen-bond donors (Lipinski definition) is 1. The summed E-state index contributed by atoms with van der Waals surface area (Å²) in [6.45, 7) is 0. The molecule has 3 aromatic rings. The van der Waals surface area contributed by atoms with Gasteiger partial charge in [-0.15, -0.1) is 21.5 Å². The molecule has 0 atom stereocenters. The zero-order valence-electron chi connectivity index (χ0n) is 16.0. The summed E-state index contributed by atoms with van der Waals surface area (Å²) >= 11 is 3.14. The van der Waals surface area contributed by atoms with Crippen molar-refractivity contribution in [1.82, 2.24) is 14.8 Å². The van der Waals surface area contributed by atoms with Crippen molar-refractivity contribution in [3.63, 3.8) is 0 Å². The van der Waals surface area contributed by atoms with E-state index in [2.05, 4.69) is 37.6 Å². The summed E-state index contributed by atoms with van der Waals surface area (Å²) in [5, 5.41) is 14.6. The molecule has 1 aromatic carbocycles. The second-order valence-electron chi connectivity index (χ2n) is 7.16. The molecule has 4 rings (SSSR count). The van der Waals surface area contributed by atoms with Crippen molar-refractivity contribution < 1.29 is 9.18 Å². The van der Waals surface area contributed by atoms with E-state index in [4.69, 9.17) is 0 Å². The Morgan fingerprint density at radius 3 is 2.69 bits per heavy atom. The lowest BCUT2D eigenvalue weighted by atomic mass is 9.95. The highest BCUT2D eigenvalue weighted by molar-refractivity contribution is 7.99. The highest BCUT2D eigenvalue weighted by Crippen LogP contribution is 2.33. The van der Waals surface area contributed by atoms with Crippen LogP contribution in [0.3, 0.4) is 0 Å². The molecule has 5 nitrogen and oxygen atoms in total. The minimum atomic E-state index is -0.323. The largest absolute Gasteiger partial charge is 0.325 e. The summed E-state index contributed by atoms with van der Waals surface area (Å²) in [6, 6.07) is 10.3. The summed E-state index contributed by atoms with van der Waals surface area (Å²) in [5.41, 5.74) is 0.587. The van der Waals surface area contributed by atoms with E-state index in [1.54, 1.807) is 23.5 Å². The van der Waals surface area contributed by atoms with Crippen LogP contribution in [0.2, 0.25) is 0 Å². The Morgan fingerprint density at radius 2 is 1.97 bits per heavy atom. The summed E-state index contributed by atoms with van der Waals surface area (Å²) < 4.78 is 15.3. The van der Waals surface area contributed by atoms with Crippen LogP contribution in [0.15, 0.2) is 46.9 Å². The van der Waals surface area contributed by atoms with E-state index in [1.165, 1.54) is 48.0 Å². The number of benzene rings is 1. The van der Waals surface area contributed by atoms with Crippen LogP contribution in [-0.2, 0) is 11.2 Å². The monoisotopic (exact) mass is 430 g/mol. The van der Waals surface area contributed by atoms with E-state index in [-0.39, 0.29) is 17.5 Å². The molecule has 8 heteroatoms. The molecule has 1 aliphatic rings. The number of carbonyl (C=O) groups is 1. The summed E-state index contributed by atoms with van der Waals surface area (Å²) in [6.07, 6.45) is 6.74. The molecule has 0 bridgehead atoms. The highest BCUT2D eigenvalue weighted by atomic mass is 32.2. The van der Waals surface area contributed by atoms with Crippen molar-refractivity contribution >= 4 is 34.7 Å². The lowest BCUT2D eigenvalue weighted by molar-refractivity contribution is -0.113. The Morgan fingerprint density at radius 1 is 1.17 bits per heavy atom. The molecule has 0 unspecified atom stereocenters. The molecule has 1 amide bonds. The molecule has 1 aliphatic carbocycles. The van der Waals surface area contributed by atoms with Gasteiger partial charge in [0.25, 0.3) is 0 Å². The second-order valence-corrected chi connectivity index (χ2v) is 9.14. The number of carbonyl (C=O) groups excluding carboxylic acids is 1. The first-order chi connectivity index (χ1) is 14.2. The first kappa shape index (κ1) is 20.1. The van der Waals surface area contributed by atoms with Gasteiger partial charge in [-0.3, -0.25) is 4.79 Å². The first-order valence-electron chi connectivity index (χ1n) is 9.83. The van der Waals surface area contributed by atoms with Crippen LogP contribution in [0.4, 0.5) is 10.1 Å². The zero-order valence-corrected chi connectivity index (χ0v) is 17.6. The third-order valence-corrected chi connectivity index (χ3v) is 6.87. The number of thioether (sulfide) groups is 1. The quantitative estimate of drug-likeness (QED) is 0.516. The van der Waals surface area contributed by atoms with Gasteiger partial charge in [0.2, 0.25) is 5.91 Å². The minimum absolute atomic E-state index is 0.139. The Labute approximate surface area is 177 Å². The Hall–Kier alpha value is -2.19. The molecular weight excluding hydrogens is 407 g/mol. The van der Waals surface area contributed by atoms with Gasteiger partial charge in [0.15, 0.2) is 5.16 Å². The number of anilines is 1. The van der Waals surface area contributed by atoms with Crippen molar-refractivity contribution in [2.75, 3.05) is 11.1 Å². The Kier molecular flexibility index (Phi) is 6.61. The lowest BCUT2D eigenvalue weighted by Gasteiger charge is -2.25. The molecule has 2 heterocycles. The predicted octanol–water partition coefficient (Wildman–Crippen LogP) is 5.31. The number of aromatic nitrogens is 3. The SMILES string of the molecule is O=C(CSc1nnc(Cc2cccs2)n1C1CCCCC1)Nc1ccc(F)cc1. The van der Waals surface area contributed by atoms with Crippen LogP contribution in [0.5, 0.6) is 0 Å². The summed E-state index contributed by atoms with van der Waals surface area (Å²) in [7, 11) is 0. The maximum Gasteiger partial charge on any atom is 0.234 e. The fraction of sp³-hybridized carbons (Fsp3) is 0.381. The maximum absolute atomic E-state index is 13.0. The van der Waals surface area contributed by atoms with Crippen molar-refractivity contribution in [2.45, 2.75) is 49.7 Å². The summed E-state index contributed by atoms with van der Waals surface area (Å²) in [4.78, 5) is 13.6. The fourth-order valence-electron chi connectivity index (χ4n) is 3.66. The number of rotatable bonds is 7. The average molecular weight is 431 g/mol. The van der Waals surface area contributed by atoms with Crippen molar-refractivity contribution in [3.8, 4) is 0 Å². The third kappa shape index (κ3) is 5.25. The van der Waals surface area contributed by atoms with E-state index in [0.717, 1.165) is 30.2 Å². The van der Waals surface area contributed by atoms with Gasteiger partial charge in [0, 0.05) is 23.0 Å². The van der Waals surface area contributed by atoms with Crippen LogP contribution in [0.25, 0.3) is 0 Å². The molecule has 0 saturated heterocycles. The van der Waals surface area contributed by atoms with Gasteiger partial charge >= 0.3 is 0 Å². The van der Waals surface area contributed by atoms with E-state index < -0.39 is 0 Å². The molecule has 2 aromatic heterocycles. The standard InChI is InChI=1S/C21H23FN4OS2/c22-15-8-10-16(11-9-15)23-20(27)14-29-21-25-24-19(13-18-7-4-12-28-18)26(21)17-5-2-1-3-6-17/h4,7-12,17H,1-3,5-6,13-14H2,(H,23,27). The van der Waals surface area contributed by atoms with Crippen LogP contribution in [-0.4, -0.2) is 26.4 Å². The van der Waals surface area contributed by atoms with Crippen LogP contribution >= 0.6 is 23.1 Å². The molecule has 0 aliphatic heterocycles. The summed E-state index contributed by atoms with van der Waals surface area (Å²) in [5.74, 6) is 0.748. The van der Waals surface area contributed by atoms with Gasteiger partial charge in [-0.25, -0.2) is 4.39 Å². The van der Waals surface area contributed by atoms with Crippen LogP contribution in [0.1, 0.15) is 48.8 Å². The van der Waals surface area contributed by atoms with Crippen LogP contribution in [0, 0.1) is 5.82 Å². The molecule has 29 heavy (non-hydrogen) atoms. The van der Waals surface area contributed by atoms with Crippen molar-refractivity contribution in [3.05, 3.63) is 58.3 Å². The molecule has 152 valence electrons. The smallest absolute Gasteiger partial charge is 0.234 e. The van der Waals surface area contributed by atoms with Crippen molar-refractivity contribution in [2.24, 2.45) is 0 Å². The van der Waals surface area contributed by atoms with Gasteiger partial charge in [0.05, 0.1) is 5.75 Å². The molecule has 0 spiro atoms. The highest BCUT2D eigenvalue weighted by Gasteiger charge is 2.23. The van der Waals surface area contributed by atoms with E-state index >= 15 is 0 Å². The van der Waals surface area contributed by atoms with Gasteiger partial charge < -0.3 is 9.88 Å². The lowest BCUT2D eigenvalue weighted by Crippen LogP contribution is -2.18. The number of nitrogens with zero attached hydrogens (tertiary/aromatic N) is 3. The number of amides is 1. The average Bonchev–Trinajstić information content (AvgIpc) is 3.39. The Bertz CT molecular complexity index is 934. The molecular formula is C21H23FN4OS2. The zero-order chi connectivity index (χ0) is 20.1. The van der Waals surface area contributed by atoms with Gasteiger partial charge in [-0.2, -0.15) is 0 Å². The van der Waals surface area contributed by atoms with Gasteiger partial charge in [-0.1, -0.05) is 37.1 Å². The molecule has 1 fully saturated rings. The number of halogens is 1. The van der Waals surface area contributed by atoms with Crippen molar-refractivity contribution in [1.29, 1.82) is 0 Å². The number of thiophene rings is 1. The second kappa shape index (κ2) is 9.54. The van der Waals surface area contributed by atoms with Gasteiger partial charge in [0.1, 0.15) is 11.6 Å². The first-order valence-corrected chi connectivity index (χ1v) is 11.7. The van der Waals surface area contributed by atoms with Gasteiger partial charge in [-0.05, 0) is 48.6 Å². The van der Waals surface area contributed by atoms with E-state index in [9.17, 15) is 9.18 Å². The maximum atomic E-state index is 13.0. The fourth-order valence-corrected chi connectivity index (χ4v) is 5.19.